The van der Waals surface area contributed by atoms with E-state index in [0.29, 0.717) is 6.54 Å². The largest absolute Gasteiger partial charge is 0.329 e. The van der Waals surface area contributed by atoms with Gasteiger partial charge in [0.1, 0.15) is 0 Å². The molecule has 0 fully saturated rings. The van der Waals surface area contributed by atoms with E-state index in [9.17, 15) is 0 Å². The first-order valence-electron chi connectivity index (χ1n) is 5.58. The third-order valence-electron chi connectivity index (χ3n) is 2.60. The molecule has 0 aliphatic rings. The van der Waals surface area contributed by atoms with Crippen molar-refractivity contribution in [1.82, 2.24) is 14.6 Å². The molecule has 18 heavy (non-hydrogen) atoms. The lowest BCUT2D eigenvalue weighted by Gasteiger charge is -2.10. The van der Waals surface area contributed by atoms with Crippen LogP contribution >= 0.6 is 23.1 Å². The minimum absolute atomic E-state index is 0.234. The molecule has 1 unspecified atom stereocenters. The molecule has 0 saturated heterocycles. The summed E-state index contributed by atoms with van der Waals surface area (Å²) in [6.45, 7) is 0.590. The number of thiophene rings is 1. The van der Waals surface area contributed by atoms with Crippen molar-refractivity contribution in [3.63, 3.8) is 0 Å². The summed E-state index contributed by atoms with van der Waals surface area (Å²) in [6.07, 6.45) is 1.97. The molecule has 0 aliphatic carbocycles. The fraction of sp³-hybridized carbons (Fsp3) is 0.167. The van der Waals surface area contributed by atoms with E-state index in [4.69, 9.17) is 5.73 Å². The molecular weight excluding hydrogens is 264 g/mol. The molecule has 0 aromatic carbocycles. The minimum Gasteiger partial charge on any atom is -0.329 e. The molecule has 0 aliphatic heterocycles. The average Bonchev–Trinajstić information content (AvgIpc) is 3.06. The summed E-state index contributed by atoms with van der Waals surface area (Å²) in [5.74, 6) is 0. The molecule has 92 valence electrons. The summed E-state index contributed by atoms with van der Waals surface area (Å²) < 4.78 is 1.99. The van der Waals surface area contributed by atoms with Crippen molar-refractivity contribution in [3.05, 3.63) is 46.8 Å². The summed E-state index contributed by atoms with van der Waals surface area (Å²) >= 11 is 3.38. The predicted octanol–water partition coefficient (Wildman–Crippen LogP) is 2.58. The third-order valence-corrected chi connectivity index (χ3v) is 4.96. The summed E-state index contributed by atoms with van der Waals surface area (Å²) in [6, 6.07) is 10.0. The first-order chi connectivity index (χ1) is 8.88. The smallest absolute Gasteiger partial charge is 0.196 e. The number of thioether (sulfide) groups is 1. The summed E-state index contributed by atoms with van der Waals surface area (Å²) in [4.78, 5) is 1.27. The highest BCUT2D eigenvalue weighted by atomic mass is 32.2. The summed E-state index contributed by atoms with van der Waals surface area (Å²) in [5.41, 5.74) is 6.72. The second-order valence-corrected chi connectivity index (χ2v) is 5.92. The van der Waals surface area contributed by atoms with Crippen LogP contribution in [0.4, 0.5) is 0 Å². The van der Waals surface area contributed by atoms with Crippen LogP contribution in [0.1, 0.15) is 10.1 Å². The molecule has 0 saturated carbocycles. The maximum atomic E-state index is 5.85. The van der Waals surface area contributed by atoms with Crippen molar-refractivity contribution < 1.29 is 0 Å². The number of nitrogens with zero attached hydrogens (tertiary/aromatic N) is 3. The Balaban J connectivity index is 1.91. The number of hydrogen-bond acceptors (Lipinski definition) is 5. The van der Waals surface area contributed by atoms with Gasteiger partial charge in [-0.05, 0) is 23.6 Å². The van der Waals surface area contributed by atoms with Crippen LogP contribution in [0.5, 0.6) is 0 Å². The van der Waals surface area contributed by atoms with Crippen molar-refractivity contribution >= 4 is 28.7 Å². The van der Waals surface area contributed by atoms with Gasteiger partial charge in [-0.1, -0.05) is 23.9 Å². The van der Waals surface area contributed by atoms with Gasteiger partial charge >= 0.3 is 0 Å². The molecule has 3 aromatic rings. The van der Waals surface area contributed by atoms with E-state index in [2.05, 4.69) is 21.6 Å². The SMILES string of the molecule is NCC(Sc1nnc2ccccn12)c1cccs1. The van der Waals surface area contributed by atoms with E-state index < -0.39 is 0 Å². The highest BCUT2D eigenvalue weighted by Crippen LogP contribution is 2.35. The van der Waals surface area contributed by atoms with Gasteiger partial charge in [-0.2, -0.15) is 0 Å². The van der Waals surface area contributed by atoms with Crippen LogP contribution in [-0.2, 0) is 0 Å². The molecule has 2 N–H and O–H groups in total. The molecule has 0 radical (unpaired) electrons. The topological polar surface area (TPSA) is 56.2 Å². The van der Waals surface area contributed by atoms with Crippen molar-refractivity contribution in [2.24, 2.45) is 5.73 Å². The van der Waals surface area contributed by atoms with Crippen LogP contribution in [0.2, 0.25) is 0 Å². The molecular formula is C12H12N4S2. The summed E-state index contributed by atoms with van der Waals surface area (Å²) in [7, 11) is 0. The Hall–Kier alpha value is -1.37. The van der Waals surface area contributed by atoms with E-state index in [0.717, 1.165) is 10.8 Å². The van der Waals surface area contributed by atoms with Crippen LogP contribution in [0.3, 0.4) is 0 Å². The second-order valence-electron chi connectivity index (χ2n) is 3.77. The van der Waals surface area contributed by atoms with Crippen LogP contribution in [0.15, 0.2) is 47.1 Å². The van der Waals surface area contributed by atoms with E-state index in [1.54, 1.807) is 23.1 Å². The number of pyridine rings is 1. The van der Waals surface area contributed by atoms with Crippen molar-refractivity contribution in [2.75, 3.05) is 6.54 Å². The number of hydrogen-bond donors (Lipinski definition) is 1. The molecule has 4 nitrogen and oxygen atoms in total. The van der Waals surface area contributed by atoms with Gasteiger partial charge in [0.25, 0.3) is 0 Å². The maximum absolute atomic E-state index is 5.85. The van der Waals surface area contributed by atoms with Crippen LogP contribution < -0.4 is 5.73 Å². The van der Waals surface area contributed by atoms with Gasteiger partial charge < -0.3 is 5.73 Å². The van der Waals surface area contributed by atoms with Crippen LogP contribution in [-0.4, -0.2) is 21.1 Å². The van der Waals surface area contributed by atoms with Gasteiger partial charge in [0, 0.05) is 17.6 Å². The lowest BCUT2D eigenvalue weighted by molar-refractivity contribution is 0.894. The van der Waals surface area contributed by atoms with Gasteiger partial charge in [0.2, 0.25) is 0 Å². The highest BCUT2D eigenvalue weighted by molar-refractivity contribution is 7.99. The Morgan fingerprint density at radius 3 is 3.00 bits per heavy atom. The standard InChI is InChI=1S/C12H12N4S2/c13-8-10(9-4-3-7-17-9)18-12-15-14-11-5-1-2-6-16(11)12/h1-7,10H,8,13H2. The zero-order valence-corrected chi connectivity index (χ0v) is 11.2. The van der Waals surface area contributed by atoms with E-state index >= 15 is 0 Å². The van der Waals surface area contributed by atoms with E-state index in [1.807, 2.05) is 34.9 Å². The second kappa shape index (κ2) is 5.09. The zero-order chi connectivity index (χ0) is 12.4. The molecule has 0 spiro atoms. The molecule has 1 atom stereocenters. The van der Waals surface area contributed by atoms with Crippen molar-refractivity contribution in [2.45, 2.75) is 10.4 Å². The van der Waals surface area contributed by atoms with Gasteiger partial charge in [-0.25, -0.2) is 0 Å². The Labute approximate surface area is 113 Å². The number of nitrogens with two attached hydrogens (primary N) is 1. The maximum Gasteiger partial charge on any atom is 0.196 e. The Bertz CT molecular complexity index is 632. The molecule has 3 rings (SSSR count). The highest BCUT2D eigenvalue weighted by Gasteiger charge is 2.16. The quantitative estimate of drug-likeness (QED) is 0.744. The van der Waals surface area contributed by atoms with E-state index in [1.165, 1.54) is 4.88 Å². The molecule has 3 heterocycles. The molecule has 3 aromatic heterocycles. The number of rotatable bonds is 4. The monoisotopic (exact) mass is 276 g/mol. The average molecular weight is 276 g/mol. The van der Waals surface area contributed by atoms with Crippen LogP contribution in [0, 0.1) is 0 Å². The lowest BCUT2D eigenvalue weighted by atomic mass is 10.3. The van der Waals surface area contributed by atoms with Crippen molar-refractivity contribution in [3.8, 4) is 0 Å². The lowest BCUT2D eigenvalue weighted by Crippen LogP contribution is -2.08. The van der Waals surface area contributed by atoms with Crippen molar-refractivity contribution in [1.29, 1.82) is 0 Å². The normalized spacial score (nSPS) is 12.9. The van der Waals surface area contributed by atoms with Gasteiger partial charge in [-0.3, -0.25) is 4.40 Å². The predicted molar refractivity (Wildman–Crippen MR) is 75.0 cm³/mol. The number of fused-ring (bicyclic) bond motifs is 1. The van der Waals surface area contributed by atoms with Gasteiger partial charge in [0.05, 0.1) is 5.25 Å². The first-order valence-corrected chi connectivity index (χ1v) is 7.34. The minimum atomic E-state index is 0.234. The van der Waals surface area contributed by atoms with Gasteiger partial charge in [-0.15, -0.1) is 21.5 Å². The Kier molecular flexibility index (Phi) is 3.31. The first kappa shape index (κ1) is 11.7. The Morgan fingerprint density at radius 2 is 2.22 bits per heavy atom. The van der Waals surface area contributed by atoms with Gasteiger partial charge in [0.15, 0.2) is 10.8 Å². The van der Waals surface area contributed by atoms with E-state index in [-0.39, 0.29) is 5.25 Å². The number of aromatic nitrogens is 3. The fourth-order valence-corrected chi connectivity index (χ4v) is 3.66. The molecule has 6 heteroatoms. The molecule has 0 amide bonds. The third kappa shape index (κ3) is 2.14. The molecule has 0 bridgehead atoms. The Morgan fingerprint density at radius 1 is 1.28 bits per heavy atom. The van der Waals surface area contributed by atoms with Crippen LogP contribution in [0.25, 0.3) is 5.65 Å². The zero-order valence-electron chi connectivity index (χ0n) is 9.56. The fourth-order valence-electron chi connectivity index (χ4n) is 1.72. The summed E-state index contributed by atoms with van der Waals surface area (Å²) in [5, 5.41) is 11.5.